The molecule has 36 heavy (non-hydrogen) atoms. The first-order valence-corrected chi connectivity index (χ1v) is 12.7. The van der Waals surface area contributed by atoms with Crippen LogP contribution in [0.5, 0.6) is 11.5 Å². The summed E-state index contributed by atoms with van der Waals surface area (Å²) in [4.78, 5) is 32.0. The Hall–Kier alpha value is -3.44. The molecular formula is C25H25BrN4O5S. The van der Waals surface area contributed by atoms with E-state index in [9.17, 15) is 14.7 Å². The third-order valence-electron chi connectivity index (χ3n) is 4.59. The van der Waals surface area contributed by atoms with Crippen LogP contribution in [0.2, 0.25) is 0 Å². The predicted octanol–water partition coefficient (Wildman–Crippen LogP) is 4.77. The van der Waals surface area contributed by atoms with E-state index in [0.29, 0.717) is 38.9 Å². The fourth-order valence-electron chi connectivity index (χ4n) is 3.11. The van der Waals surface area contributed by atoms with Crippen molar-refractivity contribution < 1.29 is 24.2 Å². The summed E-state index contributed by atoms with van der Waals surface area (Å²) in [6.07, 6.45) is 1.50. The third kappa shape index (κ3) is 8.06. The van der Waals surface area contributed by atoms with Gasteiger partial charge in [-0.3, -0.25) is 4.79 Å². The van der Waals surface area contributed by atoms with Gasteiger partial charge >= 0.3 is 5.97 Å². The number of hydrazone groups is 1. The molecule has 1 heterocycles. The molecule has 0 aliphatic heterocycles. The van der Waals surface area contributed by atoms with Crippen LogP contribution < -0.4 is 14.9 Å². The molecule has 0 aliphatic carbocycles. The van der Waals surface area contributed by atoms with Crippen molar-refractivity contribution in [3.05, 3.63) is 75.0 Å². The van der Waals surface area contributed by atoms with Gasteiger partial charge in [-0.25, -0.2) is 20.2 Å². The Bertz CT molecular complexity index is 1270. The first kappa shape index (κ1) is 27.2. The minimum Gasteiger partial charge on any atom is -0.490 e. The lowest BCUT2D eigenvalue weighted by Crippen LogP contribution is -2.19. The topological polar surface area (TPSA) is 123 Å². The molecule has 0 saturated heterocycles. The SMILES string of the molecule is CCOc1cc(/C=N\NC(=O)CSc2nc(C)cc(C)n2)cc(Br)c1OCc1cccc(C(=O)O)c1. The highest BCUT2D eigenvalue weighted by atomic mass is 79.9. The molecule has 11 heteroatoms. The Morgan fingerprint density at radius 2 is 1.89 bits per heavy atom. The lowest BCUT2D eigenvalue weighted by molar-refractivity contribution is -0.118. The number of rotatable bonds is 11. The minimum absolute atomic E-state index is 0.129. The maximum absolute atomic E-state index is 12.2. The number of carbonyl (C=O) groups excluding carboxylic acids is 1. The quantitative estimate of drug-likeness (QED) is 0.146. The van der Waals surface area contributed by atoms with Crippen LogP contribution in [0.3, 0.4) is 0 Å². The van der Waals surface area contributed by atoms with Gasteiger partial charge in [0.25, 0.3) is 5.91 Å². The molecule has 2 aromatic carbocycles. The summed E-state index contributed by atoms with van der Waals surface area (Å²) < 4.78 is 12.3. The monoisotopic (exact) mass is 572 g/mol. The van der Waals surface area contributed by atoms with Gasteiger partial charge < -0.3 is 14.6 Å². The molecule has 188 valence electrons. The smallest absolute Gasteiger partial charge is 0.335 e. The second kappa shape index (κ2) is 13.0. The average molecular weight is 573 g/mol. The van der Waals surface area contributed by atoms with E-state index in [0.717, 1.165) is 11.4 Å². The molecule has 0 aliphatic rings. The number of carboxylic acid groups (broad SMARTS) is 1. The van der Waals surface area contributed by atoms with E-state index < -0.39 is 5.97 Å². The Balaban J connectivity index is 1.63. The summed E-state index contributed by atoms with van der Waals surface area (Å²) in [5.74, 6) is -0.197. The first-order chi connectivity index (χ1) is 17.2. The van der Waals surface area contributed by atoms with Crippen molar-refractivity contribution in [1.82, 2.24) is 15.4 Å². The molecule has 0 atom stereocenters. The number of thioether (sulfide) groups is 1. The molecule has 9 nitrogen and oxygen atoms in total. The van der Waals surface area contributed by atoms with Crippen LogP contribution in [0.25, 0.3) is 0 Å². The number of carbonyl (C=O) groups is 2. The van der Waals surface area contributed by atoms with Gasteiger partial charge in [0.2, 0.25) is 0 Å². The number of amides is 1. The molecule has 3 aromatic rings. The van der Waals surface area contributed by atoms with Crippen LogP contribution in [-0.2, 0) is 11.4 Å². The standard InChI is InChI=1S/C25H25BrN4O5S/c1-4-34-21-11-18(12-27-30-22(31)14-36-25-28-15(2)8-16(3)29-25)10-20(26)23(21)35-13-17-6-5-7-19(9-17)24(32)33/h5-12H,4,13-14H2,1-3H3,(H,30,31)(H,32,33)/b27-12-. The van der Waals surface area contributed by atoms with Crippen molar-refractivity contribution in [1.29, 1.82) is 0 Å². The molecule has 2 N–H and O–H groups in total. The van der Waals surface area contributed by atoms with Gasteiger partial charge in [0.1, 0.15) is 6.61 Å². The number of hydrogen-bond donors (Lipinski definition) is 2. The van der Waals surface area contributed by atoms with E-state index >= 15 is 0 Å². The van der Waals surface area contributed by atoms with Gasteiger partial charge in [0, 0.05) is 11.4 Å². The number of carboxylic acids is 1. The largest absolute Gasteiger partial charge is 0.490 e. The molecule has 3 rings (SSSR count). The zero-order chi connectivity index (χ0) is 26.1. The minimum atomic E-state index is -0.999. The Morgan fingerprint density at radius 3 is 2.58 bits per heavy atom. The van der Waals surface area contributed by atoms with Gasteiger partial charge in [-0.1, -0.05) is 23.9 Å². The molecule has 1 aromatic heterocycles. The fourth-order valence-corrected chi connectivity index (χ4v) is 4.43. The highest BCUT2D eigenvalue weighted by Gasteiger charge is 2.13. The second-order valence-electron chi connectivity index (χ2n) is 7.57. The Labute approximate surface area is 221 Å². The van der Waals surface area contributed by atoms with Crippen molar-refractivity contribution in [3.8, 4) is 11.5 Å². The van der Waals surface area contributed by atoms with E-state index in [1.54, 1.807) is 30.3 Å². The van der Waals surface area contributed by atoms with Gasteiger partial charge in [0.15, 0.2) is 16.7 Å². The molecule has 0 saturated carbocycles. The Kier molecular flexibility index (Phi) is 9.83. The van der Waals surface area contributed by atoms with Crippen LogP contribution >= 0.6 is 27.7 Å². The van der Waals surface area contributed by atoms with Gasteiger partial charge in [-0.2, -0.15) is 5.10 Å². The van der Waals surface area contributed by atoms with Crippen LogP contribution in [0, 0.1) is 13.8 Å². The summed E-state index contributed by atoms with van der Waals surface area (Å²) in [5.41, 5.74) is 5.77. The molecule has 0 unspecified atom stereocenters. The molecule has 0 radical (unpaired) electrons. The number of aromatic carboxylic acids is 1. The van der Waals surface area contributed by atoms with E-state index in [4.69, 9.17) is 9.47 Å². The van der Waals surface area contributed by atoms with Gasteiger partial charge in [-0.05, 0) is 78.2 Å². The Morgan fingerprint density at radius 1 is 1.14 bits per heavy atom. The van der Waals surface area contributed by atoms with Crippen LogP contribution in [0.15, 0.2) is 57.2 Å². The highest BCUT2D eigenvalue weighted by molar-refractivity contribution is 9.10. The van der Waals surface area contributed by atoms with Crippen LogP contribution in [-0.4, -0.2) is 45.5 Å². The predicted molar refractivity (Wildman–Crippen MR) is 141 cm³/mol. The summed E-state index contributed by atoms with van der Waals surface area (Å²) in [6.45, 7) is 6.18. The van der Waals surface area contributed by atoms with E-state index in [2.05, 4.69) is 36.4 Å². The maximum atomic E-state index is 12.2. The zero-order valence-electron chi connectivity index (χ0n) is 19.9. The number of halogens is 1. The molecule has 0 fully saturated rings. The number of benzene rings is 2. The van der Waals surface area contributed by atoms with Gasteiger partial charge in [0.05, 0.1) is 28.6 Å². The number of aryl methyl sites for hydroxylation is 2. The summed E-state index contributed by atoms with van der Waals surface area (Å²) in [5, 5.41) is 13.7. The number of nitrogens with one attached hydrogen (secondary N) is 1. The lowest BCUT2D eigenvalue weighted by atomic mass is 10.1. The molecule has 1 amide bonds. The van der Waals surface area contributed by atoms with Crippen molar-refractivity contribution in [2.75, 3.05) is 12.4 Å². The molecule has 0 spiro atoms. The first-order valence-electron chi connectivity index (χ1n) is 10.9. The second-order valence-corrected chi connectivity index (χ2v) is 9.37. The van der Waals surface area contributed by atoms with Crippen molar-refractivity contribution >= 4 is 45.8 Å². The van der Waals surface area contributed by atoms with Crippen LogP contribution in [0.1, 0.15) is 39.8 Å². The number of ether oxygens (including phenoxy) is 2. The average Bonchev–Trinajstić information content (AvgIpc) is 2.82. The van der Waals surface area contributed by atoms with E-state index in [-0.39, 0.29) is 23.8 Å². The number of hydrogen-bond acceptors (Lipinski definition) is 8. The highest BCUT2D eigenvalue weighted by Crippen LogP contribution is 2.37. The molecular weight excluding hydrogens is 548 g/mol. The summed E-state index contributed by atoms with van der Waals surface area (Å²) >= 11 is 4.73. The molecule has 0 bridgehead atoms. The fraction of sp³-hybridized carbons (Fsp3) is 0.240. The van der Waals surface area contributed by atoms with E-state index in [1.807, 2.05) is 26.8 Å². The van der Waals surface area contributed by atoms with Crippen molar-refractivity contribution in [2.24, 2.45) is 5.10 Å². The van der Waals surface area contributed by atoms with Gasteiger partial charge in [-0.15, -0.1) is 0 Å². The van der Waals surface area contributed by atoms with E-state index in [1.165, 1.54) is 24.0 Å². The number of nitrogens with zero attached hydrogens (tertiary/aromatic N) is 3. The zero-order valence-corrected chi connectivity index (χ0v) is 22.4. The van der Waals surface area contributed by atoms with Crippen LogP contribution in [0.4, 0.5) is 0 Å². The lowest BCUT2D eigenvalue weighted by Gasteiger charge is -2.15. The maximum Gasteiger partial charge on any atom is 0.335 e. The summed E-state index contributed by atoms with van der Waals surface area (Å²) in [7, 11) is 0. The van der Waals surface area contributed by atoms with Crippen molar-refractivity contribution in [2.45, 2.75) is 32.5 Å². The summed E-state index contributed by atoms with van der Waals surface area (Å²) in [6, 6.07) is 11.9. The van der Waals surface area contributed by atoms with Crippen molar-refractivity contribution in [3.63, 3.8) is 0 Å². The third-order valence-corrected chi connectivity index (χ3v) is 6.02. The number of aromatic nitrogens is 2. The normalized spacial score (nSPS) is 10.9.